The van der Waals surface area contributed by atoms with Crippen molar-refractivity contribution in [3.05, 3.63) is 0 Å². The highest BCUT2D eigenvalue weighted by atomic mass is 32.2. The van der Waals surface area contributed by atoms with Gasteiger partial charge in [-0.05, 0) is 32.6 Å². The van der Waals surface area contributed by atoms with Gasteiger partial charge in [-0.3, -0.25) is 14.4 Å². The molecule has 4 N–H and O–H groups in total. The summed E-state index contributed by atoms with van der Waals surface area (Å²) in [6.07, 6.45) is 4.46. The fraction of sp³-hybridized carbons (Fsp3) is 0.733. The van der Waals surface area contributed by atoms with Crippen molar-refractivity contribution in [3.8, 4) is 0 Å². The Bertz CT molecular complexity index is 407. The Balaban J connectivity index is 3.56. The molecular formula is C15H28N4O4S. The summed E-state index contributed by atoms with van der Waals surface area (Å²) in [5, 5.41) is 10.4. The predicted octanol–water partition coefficient (Wildman–Crippen LogP) is -0.607. The van der Waals surface area contributed by atoms with E-state index in [1.807, 2.05) is 0 Å². The Hall–Kier alpha value is -1.61. The number of amides is 3. The van der Waals surface area contributed by atoms with Crippen LogP contribution in [0.1, 0.15) is 32.6 Å². The van der Waals surface area contributed by atoms with Crippen LogP contribution in [-0.4, -0.2) is 61.8 Å². The molecule has 0 aliphatic carbocycles. The number of hydrogen-bond acceptors (Lipinski definition) is 6. The number of carbonyl (C=O) groups excluding carboxylic acids is 4. The van der Waals surface area contributed by atoms with E-state index in [0.717, 1.165) is 31.3 Å². The molecule has 0 spiro atoms. The quantitative estimate of drug-likeness (QED) is 0.187. The number of rotatable bonds is 14. The van der Waals surface area contributed by atoms with Crippen molar-refractivity contribution in [2.45, 2.75) is 38.6 Å². The molecular weight excluding hydrogens is 332 g/mol. The smallest absolute Gasteiger partial charge is 0.240 e. The summed E-state index contributed by atoms with van der Waals surface area (Å²) in [7, 11) is 1.65. The lowest BCUT2D eigenvalue weighted by Gasteiger charge is -2.11. The number of thioether (sulfide) groups is 1. The van der Waals surface area contributed by atoms with Crippen molar-refractivity contribution < 1.29 is 19.2 Å². The first kappa shape index (κ1) is 22.4. The summed E-state index contributed by atoms with van der Waals surface area (Å²) in [6.45, 7) is 1.41. The van der Waals surface area contributed by atoms with E-state index in [1.54, 1.807) is 25.7 Å². The molecule has 0 aromatic heterocycles. The highest BCUT2D eigenvalue weighted by molar-refractivity contribution is 7.99. The van der Waals surface area contributed by atoms with Crippen molar-refractivity contribution in [2.75, 3.05) is 31.8 Å². The van der Waals surface area contributed by atoms with Crippen LogP contribution in [0.3, 0.4) is 0 Å². The zero-order chi connectivity index (χ0) is 18.2. The van der Waals surface area contributed by atoms with Gasteiger partial charge in [0, 0.05) is 6.42 Å². The first-order valence-electron chi connectivity index (χ1n) is 8.01. The Morgan fingerprint density at radius 2 is 1.67 bits per heavy atom. The van der Waals surface area contributed by atoms with E-state index in [0.29, 0.717) is 12.3 Å². The summed E-state index contributed by atoms with van der Waals surface area (Å²) in [6, 6.07) is -0.378. The molecule has 0 aliphatic heterocycles. The van der Waals surface area contributed by atoms with Crippen molar-refractivity contribution in [3.63, 3.8) is 0 Å². The molecule has 3 amide bonds. The molecule has 1 atom stereocenters. The van der Waals surface area contributed by atoms with Crippen LogP contribution in [-0.2, 0) is 19.2 Å². The molecule has 0 heterocycles. The highest BCUT2D eigenvalue weighted by Crippen LogP contribution is 2.05. The number of hydrogen-bond donors (Lipinski definition) is 4. The van der Waals surface area contributed by atoms with Gasteiger partial charge in [-0.1, -0.05) is 6.42 Å². The third-order valence-electron chi connectivity index (χ3n) is 3.18. The van der Waals surface area contributed by atoms with Gasteiger partial charge in [-0.15, -0.1) is 11.8 Å². The summed E-state index contributed by atoms with van der Waals surface area (Å²) in [5.41, 5.74) is 0. The van der Waals surface area contributed by atoms with E-state index in [9.17, 15) is 19.2 Å². The third kappa shape index (κ3) is 12.9. The lowest BCUT2D eigenvalue weighted by atomic mass is 10.2. The molecule has 0 bridgehead atoms. The molecule has 0 saturated heterocycles. The largest absolute Gasteiger partial charge is 0.346 e. The molecule has 0 radical (unpaired) electrons. The van der Waals surface area contributed by atoms with Crippen LogP contribution in [0.4, 0.5) is 0 Å². The minimum absolute atomic E-state index is 0.115. The fourth-order valence-electron chi connectivity index (χ4n) is 1.57. The lowest BCUT2D eigenvalue weighted by molar-refractivity contribution is -0.128. The molecule has 0 aromatic rings. The third-order valence-corrected chi connectivity index (χ3v) is 4.10. The van der Waals surface area contributed by atoms with Crippen LogP contribution < -0.4 is 21.3 Å². The van der Waals surface area contributed by atoms with Gasteiger partial charge in [0.15, 0.2) is 0 Å². The fourth-order valence-corrected chi connectivity index (χ4v) is 2.38. The Labute approximate surface area is 147 Å². The molecule has 0 fully saturated rings. The standard InChI is InChI=1S/C15H28N4O4S/c1-12(16-2)15(23)18-10-13(21)17-9-14(22)19-11-24-8-6-4-3-5-7-20/h7,12,16H,3-6,8-11H2,1-2H3,(H,17,21)(H,18,23)(H,19,22)/t12-/m0/s1. The van der Waals surface area contributed by atoms with Crippen molar-refractivity contribution in [2.24, 2.45) is 0 Å². The first-order chi connectivity index (χ1) is 11.5. The van der Waals surface area contributed by atoms with Gasteiger partial charge < -0.3 is 26.1 Å². The molecule has 0 unspecified atom stereocenters. The van der Waals surface area contributed by atoms with Crippen LogP contribution in [0.15, 0.2) is 0 Å². The average molecular weight is 360 g/mol. The number of aldehydes is 1. The maximum atomic E-state index is 11.5. The van der Waals surface area contributed by atoms with Crippen molar-refractivity contribution in [1.82, 2.24) is 21.3 Å². The molecule has 24 heavy (non-hydrogen) atoms. The van der Waals surface area contributed by atoms with Crippen molar-refractivity contribution >= 4 is 35.8 Å². The van der Waals surface area contributed by atoms with Crippen LogP contribution in [0.25, 0.3) is 0 Å². The van der Waals surface area contributed by atoms with E-state index in [4.69, 9.17) is 0 Å². The van der Waals surface area contributed by atoms with Gasteiger partial charge in [0.2, 0.25) is 17.7 Å². The first-order valence-corrected chi connectivity index (χ1v) is 9.16. The Morgan fingerprint density at radius 1 is 1.00 bits per heavy atom. The minimum Gasteiger partial charge on any atom is -0.346 e. The SMILES string of the molecule is CN[C@@H](C)C(=O)NCC(=O)NCC(=O)NCSCCCCCC=O. The second-order valence-electron chi connectivity index (χ2n) is 5.17. The van der Waals surface area contributed by atoms with Crippen LogP contribution in [0, 0.1) is 0 Å². The Morgan fingerprint density at radius 3 is 2.33 bits per heavy atom. The maximum Gasteiger partial charge on any atom is 0.240 e. The number of unbranched alkanes of at least 4 members (excludes halogenated alkanes) is 3. The summed E-state index contributed by atoms with van der Waals surface area (Å²) < 4.78 is 0. The van der Waals surface area contributed by atoms with Crippen molar-refractivity contribution in [1.29, 1.82) is 0 Å². The summed E-state index contributed by atoms with van der Waals surface area (Å²) in [4.78, 5) is 44.6. The van der Waals surface area contributed by atoms with E-state index < -0.39 is 5.91 Å². The summed E-state index contributed by atoms with van der Waals surface area (Å²) in [5.74, 6) is 0.443. The molecule has 9 heteroatoms. The Kier molecular flexibility index (Phi) is 13.9. The van der Waals surface area contributed by atoms with Crippen LogP contribution >= 0.6 is 11.8 Å². The molecule has 0 aliphatic rings. The normalized spacial score (nSPS) is 11.4. The molecule has 0 rings (SSSR count). The van der Waals surface area contributed by atoms with Gasteiger partial charge >= 0.3 is 0 Å². The van der Waals surface area contributed by atoms with E-state index in [-0.39, 0.29) is 30.9 Å². The van der Waals surface area contributed by atoms with Gasteiger partial charge in [0.25, 0.3) is 0 Å². The number of nitrogens with one attached hydrogen (secondary N) is 4. The number of carbonyl (C=O) groups is 4. The second-order valence-corrected chi connectivity index (χ2v) is 6.28. The molecule has 0 aromatic carbocycles. The topological polar surface area (TPSA) is 116 Å². The highest BCUT2D eigenvalue weighted by Gasteiger charge is 2.11. The predicted molar refractivity (Wildman–Crippen MR) is 94.5 cm³/mol. The summed E-state index contributed by atoms with van der Waals surface area (Å²) >= 11 is 1.60. The molecule has 8 nitrogen and oxygen atoms in total. The van der Waals surface area contributed by atoms with E-state index >= 15 is 0 Å². The second kappa shape index (κ2) is 14.9. The zero-order valence-corrected chi connectivity index (χ0v) is 15.2. The number of likely N-dealkylation sites (N-methyl/N-ethyl adjacent to an activating group) is 1. The van der Waals surface area contributed by atoms with Crippen LogP contribution in [0.2, 0.25) is 0 Å². The van der Waals surface area contributed by atoms with Gasteiger partial charge in [-0.25, -0.2) is 0 Å². The van der Waals surface area contributed by atoms with E-state index in [2.05, 4.69) is 21.3 Å². The molecule has 138 valence electrons. The van der Waals surface area contributed by atoms with E-state index in [1.165, 1.54) is 0 Å². The monoisotopic (exact) mass is 360 g/mol. The zero-order valence-electron chi connectivity index (χ0n) is 14.4. The van der Waals surface area contributed by atoms with Gasteiger partial charge in [-0.2, -0.15) is 0 Å². The average Bonchev–Trinajstić information content (AvgIpc) is 2.59. The maximum absolute atomic E-state index is 11.5. The van der Waals surface area contributed by atoms with Gasteiger partial charge in [0.05, 0.1) is 25.0 Å². The molecule has 0 saturated carbocycles. The minimum atomic E-state index is -0.412. The lowest BCUT2D eigenvalue weighted by Crippen LogP contribution is -2.46. The van der Waals surface area contributed by atoms with Crippen LogP contribution in [0.5, 0.6) is 0 Å². The van der Waals surface area contributed by atoms with Gasteiger partial charge in [0.1, 0.15) is 6.29 Å².